The Morgan fingerprint density at radius 2 is 2.13 bits per heavy atom. The van der Waals surface area contributed by atoms with Crippen LogP contribution in [0.3, 0.4) is 0 Å². The number of carbonyl (C=O) groups excluding carboxylic acids is 1. The third kappa shape index (κ3) is 4.60. The lowest BCUT2D eigenvalue weighted by Gasteiger charge is -2.12. The van der Waals surface area contributed by atoms with Gasteiger partial charge in [0.25, 0.3) is 5.91 Å². The molecular formula is C22H25N5O2S. The van der Waals surface area contributed by atoms with Crippen LogP contribution in [0.4, 0.5) is 5.69 Å². The van der Waals surface area contributed by atoms with Crippen LogP contribution in [0.15, 0.2) is 59.4 Å². The summed E-state index contributed by atoms with van der Waals surface area (Å²) in [7, 11) is 1.67. The molecule has 0 spiro atoms. The number of para-hydroxylation sites is 1. The van der Waals surface area contributed by atoms with Gasteiger partial charge in [0.05, 0.1) is 17.7 Å². The van der Waals surface area contributed by atoms with E-state index in [4.69, 9.17) is 4.74 Å². The summed E-state index contributed by atoms with van der Waals surface area (Å²) in [6, 6.07) is 11.8. The lowest BCUT2D eigenvalue weighted by Crippen LogP contribution is -2.32. The number of hydrogen-bond acceptors (Lipinski definition) is 6. The number of allylic oxidation sites excluding steroid dienone is 1. The van der Waals surface area contributed by atoms with Gasteiger partial charge < -0.3 is 25.7 Å². The van der Waals surface area contributed by atoms with Crippen molar-refractivity contribution in [2.24, 2.45) is 0 Å². The molecular weight excluding hydrogens is 398 g/mol. The van der Waals surface area contributed by atoms with Gasteiger partial charge >= 0.3 is 0 Å². The van der Waals surface area contributed by atoms with E-state index in [0.717, 1.165) is 50.8 Å². The Kier molecular flexibility index (Phi) is 6.56. The zero-order valence-electron chi connectivity index (χ0n) is 16.8. The van der Waals surface area contributed by atoms with Gasteiger partial charge in [0.15, 0.2) is 0 Å². The third-order valence-corrected chi connectivity index (χ3v) is 6.05. The minimum atomic E-state index is -0.0292. The van der Waals surface area contributed by atoms with Crippen LogP contribution in [-0.2, 0) is 11.3 Å². The molecule has 0 saturated heterocycles. The van der Waals surface area contributed by atoms with E-state index in [1.807, 2.05) is 42.6 Å². The quantitative estimate of drug-likeness (QED) is 0.395. The van der Waals surface area contributed by atoms with E-state index >= 15 is 0 Å². The van der Waals surface area contributed by atoms with Crippen molar-refractivity contribution < 1.29 is 9.53 Å². The zero-order chi connectivity index (χ0) is 20.8. The van der Waals surface area contributed by atoms with Crippen molar-refractivity contribution in [1.82, 2.24) is 20.6 Å². The largest absolute Gasteiger partial charge is 0.496 e. The number of anilines is 1. The fourth-order valence-electron chi connectivity index (χ4n) is 3.43. The minimum Gasteiger partial charge on any atom is -0.496 e. The van der Waals surface area contributed by atoms with Gasteiger partial charge in [0.1, 0.15) is 11.4 Å². The zero-order valence-corrected chi connectivity index (χ0v) is 17.6. The van der Waals surface area contributed by atoms with Crippen molar-refractivity contribution in [3.05, 3.63) is 65.0 Å². The number of benzene rings is 1. The number of fused-ring (bicyclic) bond motifs is 1. The first kappa shape index (κ1) is 20.3. The molecule has 0 radical (unpaired) electrons. The summed E-state index contributed by atoms with van der Waals surface area (Å²) < 4.78 is 5.36. The predicted molar refractivity (Wildman–Crippen MR) is 122 cm³/mol. The highest BCUT2D eigenvalue weighted by molar-refractivity contribution is 8.04. The van der Waals surface area contributed by atoms with E-state index in [-0.39, 0.29) is 5.91 Å². The molecule has 4 rings (SSSR count). The average molecular weight is 424 g/mol. The Bertz CT molecular complexity index is 1060. The number of aromatic nitrogens is 2. The van der Waals surface area contributed by atoms with Crippen molar-refractivity contribution in [2.75, 3.05) is 31.3 Å². The van der Waals surface area contributed by atoms with E-state index in [0.29, 0.717) is 19.6 Å². The number of amides is 1. The molecule has 8 heteroatoms. The van der Waals surface area contributed by atoms with Crippen molar-refractivity contribution in [2.45, 2.75) is 13.0 Å². The molecule has 1 amide bonds. The van der Waals surface area contributed by atoms with E-state index in [9.17, 15) is 4.79 Å². The van der Waals surface area contributed by atoms with Crippen LogP contribution in [0, 0.1) is 0 Å². The van der Waals surface area contributed by atoms with E-state index in [1.165, 1.54) is 0 Å². The summed E-state index contributed by atoms with van der Waals surface area (Å²) in [5.74, 6) is 1.74. The van der Waals surface area contributed by atoms with Gasteiger partial charge in [0.2, 0.25) is 0 Å². The number of pyridine rings is 1. The second-order valence-electron chi connectivity index (χ2n) is 6.87. The van der Waals surface area contributed by atoms with Crippen molar-refractivity contribution >= 4 is 34.4 Å². The number of aromatic amines is 1. The highest BCUT2D eigenvalue weighted by atomic mass is 32.2. The monoisotopic (exact) mass is 423 g/mol. The van der Waals surface area contributed by atoms with Crippen LogP contribution in [-0.4, -0.2) is 41.8 Å². The number of hydrogen-bond donors (Lipinski definition) is 4. The molecule has 0 fully saturated rings. The molecule has 0 saturated carbocycles. The van der Waals surface area contributed by atoms with Gasteiger partial charge in [-0.15, -0.1) is 11.8 Å². The molecule has 1 aromatic carbocycles. The van der Waals surface area contributed by atoms with Gasteiger partial charge in [0, 0.05) is 54.4 Å². The number of H-pyrrole nitrogens is 1. The maximum Gasteiger partial charge on any atom is 0.259 e. The van der Waals surface area contributed by atoms with Crippen LogP contribution >= 0.6 is 11.8 Å². The molecule has 4 N–H and O–H groups in total. The van der Waals surface area contributed by atoms with Gasteiger partial charge in [-0.05, 0) is 24.6 Å². The maximum absolute atomic E-state index is 12.7. The molecule has 0 bridgehead atoms. The van der Waals surface area contributed by atoms with Crippen molar-refractivity contribution in [3.8, 4) is 5.75 Å². The van der Waals surface area contributed by atoms with Gasteiger partial charge in [-0.2, -0.15) is 0 Å². The minimum absolute atomic E-state index is 0.0292. The van der Waals surface area contributed by atoms with Gasteiger partial charge in [-0.1, -0.05) is 18.2 Å². The molecule has 0 atom stereocenters. The molecule has 156 valence electrons. The molecule has 7 nitrogen and oxygen atoms in total. The number of rotatable bonds is 9. The van der Waals surface area contributed by atoms with Crippen molar-refractivity contribution in [3.63, 3.8) is 0 Å². The lowest BCUT2D eigenvalue weighted by molar-refractivity contribution is -0.116. The average Bonchev–Trinajstić information content (AvgIpc) is 3.43. The number of nitrogens with zero attached hydrogens (tertiary/aromatic N) is 1. The number of methoxy groups -OCH3 is 1. The third-order valence-electron chi connectivity index (χ3n) is 4.92. The summed E-state index contributed by atoms with van der Waals surface area (Å²) in [6.45, 7) is 1.93. The number of nitrogens with one attached hydrogen (secondary N) is 4. The second kappa shape index (κ2) is 9.69. The van der Waals surface area contributed by atoms with Crippen LogP contribution in [0.1, 0.15) is 12.0 Å². The van der Waals surface area contributed by atoms with Crippen LogP contribution in [0.25, 0.3) is 11.0 Å². The Morgan fingerprint density at radius 1 is 1.23 bits per heavy atom. The standard InChI is InChI=1S/C22H25N5O2S/c1-29-19-5-3-2-4-15(19)14-23-11-12-26-22(28)20-18(8-13-30-20)27-17-7-10-25-21-16(17)6-9-24-21/h2-7,9-10,23H,8,11-14H2,1H3,(H,26,28)(H2,24,25,27). The van der Waals surface area contributed by atoms with Gasteiger partial charge in [-0.3, -0.25) is 4.79 Å². The Hall–Kier alpha value is -2.97. The second-order valence-corrected chi connectivity index (χ2v) is 7.98. The molecule has 0 unspecified atom stereocenters. The Labute approximate surface area is 179 Å². The van der Waals surface area contributed by atoms with Crippen LogP contribution in [0.2, 0.25) is 0 Å². The van der Waals surface area contributed by atoms with E-state index in [2.05, 4.69) is 25.9 Å². The fraction of sp³-hybridized carbons (Fsp3) is 0.273. The topological polar surface area (TPSA) is 91.1 Å². The molecule has 1 aliphatic heterocycles. The summed E-state index contributed by atoms with van der Waals surface area (Å²) in [5.41, 5.74) is 3.86. The summed E-state index contributed by atoms with van der Waals surface area (Å²) in [5, 5.41) is 10.8. The Balaban J connectivity index is 1.30. The predicted octanol–water partition coefficient (Wildman–Crippen LogP) is 3.24. The first-order valence-corrected chi connectivity index (χ1v) is 10.9. The van der Waals surface area contributed by atoms with Crippen molar-refractivity contribution in [1.29, 1.82) is 0 Å². The molecule has 30 heavy (non-hydrogen) atoms. The lowest BCUT2D eigenvalue weighted by atomic mass is 10.2. The smallest absolute Gasteiger partial charge is 0.259 e. The van der Waals surface area contributed by atoms with Crippen LogP contribution < -0.4 is 20.7 Å². The SMILES string of the molecule is COc1ccccc1CNCCNC(=O)C1=C(Nc2ccnc3[nH]ccc23)CCS1. The molecule has 3 heterocycles. The maximum atomic E-state index is 12.7. The van der Waals surface area contributed by atoms with E-state index in [1.54, 1.807) is 25.1 Å². The molecule has 2 aromatic heterocycles. The molecule has 1 aliphatic rings. The van der Waals surface area contributed by atoms with E-state index < -0.39 is 0 Å². The summed E-state index contributed by atoms with van der Waals surface area (Å²) in [4.78, 5) is 20.9. The number of carbonyl (C=O) groups is 1. The highest BCUT2D eigenvalue weighted by Gasteiger charge is 2.22. The molecule has 3 aromatic rings. The summed E-state index contributed by atoms with van der Waals surface area (Å²) >= 11 is 1.60. The first-order chi connectivity index (χ1) is 14.8. The normalized spacial score (nSPS) is 13.6. The fourth-order valence-corrected chi connectivity index (χ4v) is 4.47. The first-order valence-electron chi connectivity index (χ1n) is 9.92. The van der Waals surface area contributed by atoms with Crippen LogP contribution in [0.5, 0.6) is 5.75 Å². The number of thioether (sulfide) groups is 1. The Morgan fingerprint density at radius 3 is 3.03 bits per heavy atom. The van der Waals surface area contributed by atoms with Gasteiger partial charge in [-0.25, -0.2) is 4.98 Å². The molecule has 0 aliphatic carbocycles. The summed E-state index contributed by atoms with van der Waals surface area (Å²) in [6.07, 6.45) is 4.47. The highest BCUT2D eigenvalue weighted by Crippen LogP contribution is 2.33. The number of ether oxygens (including phenoxy) is 1.